The van der Waals surface area contributed by atoms with E-state index in [1.807, 2.05) is 0 Å². The predicted octanol–water partition coefficient (Wildman–Crippen LogP) is 2.10. The van der Waals surface area contributed by atoms with Gasteiger partial charge in [-0.05, 0) is 0 Å². The van der Waals surface area contributed by atoms with E-state index in [1.54, 1.807) is 0 Å². The zero-order valence-corrected chi connectivity index (χ0v) is 13.0. The molecule has 2 rings (SSSR count). The molecule has 0 saturated carbocycles. The van der Waals surface area contributed by atoms with E-state index in [-0.39, 0.29) is 12.2 Å². The van der Waals surface area contributed by atoms with Crippen LogP contribution in [-0.4, -0.2) is 34.8 Å². The molecular formula is C13H13ClN4O5. The molecule has 122 valence electrons. The molecule has 1 amide bonds. The first-order chi connectivity index (χ1) is 10.9. The van der Waals surface area contributed by atoms with E-state index in [0.717, 1.165) is 10.9 Å². The summed E-state index contributed by atoms with van der Waals surface area (Å²) in [4.78, 5) is 22.0. The van der Waals surface area contributed by atoms with E-state index in [4.69, 9.17) is 21.1 Å². The van der Waals surface area contributed by atoms with Crippen molar-refractivity contribution < 1.29 is 19.2 Å². The molecule has 2 aromatic rings. The van der Waals surface area contributed by atoms with Gasteiger partial charge in [-0.3, -0.25) is 19.6 Å². The zero-order chi connectivity index (χ0) is 17.0. The van der Waals surface area contributed by atoms with Crippen LogP contribution >= 0.6 is 11.6 Å². The normalized spacial score (nSPS) is 10.2. The molecule has 0 saturated heterocycles. The quantitative estimate of drug-likeness (QED) is 0.637. The molecule has 0 atom stereocenters. The average molecular weight is 341 g/mol. The molecule has 0 aliphatic heterocycles. The van der Waals surface area contributed by atoms with Gasteiger partial charge in [-0.15, -0.1) is 0 Å². The summed E-state index contributed by atoms with van der Waals surface area (Å²) < 4.78 is 11.4. The molecule has 0 radical (unpaired) electrons. The standard InChI is InChI=1S/C13H13ClN4O5/c1-22-11-4-10(12(23-2)3-9(11)14)16-13(19)7-17-6-8(5-15-17)18(20)21/h3-6H,7H2,1-2H3,(H,16,19). The van der Waals surface area contributed by atoms with Crippen molar-refractivity contribution in [3.63, 3.8) is 0 Å². The van der Waals surface area contributed by atoms with Crippen molar-refractivity contribution in [2.45, 2.75) is 6.54 Å². The van der Waals surface area contributed by atoms with Gasteiger partial charge in [-0.25, -0.2) is 0 Å². The number of nitrogens with zero attached hydrogens (tertiary/aromatic N) is 3. The molecule has 1 N–H and O–H groups in total. The molecular weight excluding hydrogens is 328 g/mol. The van der Waals surface area contributed by atoms with Crippen LogP contribution in [0.25, 0.3) is 0 Å². The predicted molar refractivity (Wildman–Crippen MR) is 82.1 cm³/mol. The smallest absolute Gasteiger partial charge is 0.307 e. The van der Waals surface area contributed by atoms with E-state index in [9.17, 15) is 14.9 Å². The number of amides is 1. The number of rotatable bonds is 6. The van der Waals surface area contributed by atoms with E-state index in [1.165, 1.54) is 32.5 Å². The van der Waals surface area contributed by atoms with Gasteiger partial charge in [-0.2, -0.15) is 5.10 Å². The van der Waals surface area contributed by atoms with Crippen LogP contribution in [-0.2, 0) is 11.3 Å². The molecule has 9 nitrogen and oxygen atoms in total. The summed E-state index contributed by atoms with van der Waals surface area (Å²) in [6.45, 7) is -0.193. The Hall–Kier alpha value is -2.81. The van der Waals surface area contributed by atoms with Crippen LogP contribution in [0.5, 0.6) is 11.5 Å². The minimum Gasteiger partial charge on any atom is -0.495 e. The third kappa shape index (κ3) is 3.89. The lowest BCUT2D eigenvalue weighted by molar-refractivity contribution is -0.385. The van der Waals surface area contributed by atoms with Crippen molar-refractivity contribution in [2.24, 2.45) is 0 Å². The first-order valence-electron chi connectivity index (χ1n) is 6.32. The fraction of sp³-hybridized carbons (Fsp3) is 0.231. The van der Waals surface area contributed by atoms with Gasteiger partial charge in [0.1, 0.15) is 30.4 Å². The van der Waals surface area contributed by atoms with Gasteiger partial charge >= 0.3 is 5.69 Å². The van der Waals surface area contributed by atoms with Gasteiger partial charge in [0.25, 0.3) is 0 Å². The molecule has 10 heteroatoms. The molecule has 0 aliphatic rings. The maximum absolute atomic E-state index is 12.0. The fourth-order valence-corrected chi connectivity index (χ4v) is 2.06. The number of hydrogen-bond donors (Lipinski definition) is 1. The van der Waals surface area contributed by atoms with Gasteiger partial charge in [0.15, 0.2) is 0 Å². The average Bonchev–Trinajstić information content (AvgIpc) is 2.97. The first-order valence-corrected chi connectivity index (χ1v) is 6.70. The van der Waals surface area contributed by atoms with Crippen LogP contribution in [0.3, 0.4) is 0 Å². The van der Waals surface area contributed by atoms with E-state index < -0.39 is 10.8 Å². The fourth-order valence-electron chi connectivity index (χ4n) is 1.83. The van der Waals surface area contributed by atoms with Crippen LogP contribution in [0, 0.1) is 10.1 Å². The van der Waals surface area contributed by atoms with E-state index >= 15 is 0 Å². The Morgan fingerprint density at radius 2 is 2.09 bits per heavy atom. The molecule has 1 aromatic heterocycles. The van der Waals surface area contributed by atoms with Gasteiger partial charge in [-0.1, -0.05) is 11.6 Å². The highest BCUT2D eigenvalue weighted by Crippen LogP contribution is 2.35. The highest BCUT2D eigenvalue weighted by molar-refractivity contribution is 6.32. The highest BCUT2D eigenvalue weighted by atomic mass is 35.5. The summed E-state index contributed by atoms with van der Waals surface area (Å²) >= 11 is 5.98. The van der Waals surface area contributed by atoms with Crippen molar-refractivity contribution in [1.29, 1.82) is 0 Å². The summed E-state index contributed by atoms with van der Waals surface area (Å²) in [6, 6.07) is 3.03. The van der Waals surface area contributed by atoms with Gasteiger partial charge in [0, 0.05) is 12.1 Å². The summed E-state index contributed by atoms with van der Waals surface area (Å²) in [7, 11) is 2.88. The van der Waals surface area contributed by atoms with Gasteiger partial charge < -0.3 is 14.8 Å². The summed E-state index contributed by atoms with van der Waals surface area (Å²) in [5.74, 6) is 0.291. The van der Waals surface area contributed by atoms with E-state index in [2.05, 4.69) is 10.4 Å². The minimum atomic E-state index is -0.589. The zero-order valence-electron chi connectivity index (χ0n) is 12.3. The number of nitrogens with one attached hydrogen (secondary N) is 1. The third-order valence-corrected chi connectivity index (χ3v) is 3.18. The Morgan fingerprint density at radius 3 is 2.65 bits per heavy atom. The number of nitro groups is 1. The van der Waals surface area contributed by atoms with Crippen molar-refractivity contribution >= 4 is 28.9 Å². The number of aromatic nitrogens is 2. The van der Waals surface area contributed by atoms with Crippen LogP contribution in [0.1, 0.15) is 0 Å². The molecule has 0 fully saturated rings. The van der Waals surface area contributed by atoms with Crippen LogP contribution < -0.4 is 14.8 Å². The maximum Gasteiger partial charge on any atom is 0.307 e. The van der Waals surface area contributed by atoms with Crippen LogP contribution in [0.4, 0.5) is 11.4 Å². The van der Waals surface area contributed by atoms with E-state index in [0.29, 0.717) is 22.2 Å². The number of methoxy groups -OCH3 is 2. The Bertz CT molecular complexity index is 746. The Kier molecular flexibility index (Phi) is 5.02. The summed E-state index contributed by atoms with van der Waals surface area (Å²) in [6.07, 6.45) is 2.23. The number of carbonyl (C=O) groups is 1. The summed E-state index contributed by atoms with van der Waals surface area (Å²) in [5, 5.41) is 17.3. The number of benzene rings is 1. The second kappa shape index (κ2) is 6.97. The summed E-state index contributed by atoms with van der Waals surface area (Å²) in [5.41, 5.74) is 0.170. The lowest BCUT2D eigenvalue weighted by Gasteiger charge is -2.13. The van der Waals surface area contributed by atoms with Gasteiger partial charge in [0.2, 0.25) is 5.91 Å². The second-order valence-corrected chi connectivity index (χ2v) is 4.80. The SMILES string of the molecule is COc1cc(NC(=O)Cn2cc([N+](=O)[O-])cn2)c(OC)cc1Cl. The second-order valence-electron chi connectivity index (χ2n) is 4.39. The van der Waals surface area contributed by atoms with Crippen LogP contribution in [0.2, 0.25) is 5.02 Å². The lowest BCUT2D eigenvalue weighted by atomic mass is 10.2. The number of anilines is 1. The first kappa shape index (κ1) is 16.6. The molecule has 0 bridgehead atoms. The highest BCUT2D eigenvalue weighted by Gasteiger charge is 2.15. The van der Waals surface area contributed by atoms with Crippen molar-refractivity contribution in [2.75, 3.05) is 19.5 Å². The van der Waals surface area contributed by atoms with Crippen molar-refractivity contribution in [3.05, 3.63) is 39.7 Å². The number of hydrogen-bond acceptors (Lipinski definition) is 6. The van der Waals surface area contributed by atoms with Crippen LogP contribution in [0.15, 0.2) is 24.5 Å². The maximum atomic E-state index is 12.0. The van der Waals surface area contributed by atoms with Gasteiger partial charge in [0.05, 0.1) is 29.9 Å². The Balaban J connectivity index is 2.14. The molecule has 0 spiro atoms. The lowest BCUT2D eigenvalue weighted by Crippen LogP contribution is -2.19. The molecule has 0 aliphatic carbocycles. The van der Waals surface area contributed by atoms with Crippen molar-refractivity contribution in [1.82, 2.24) is 9.78 Å². The molecule has 0 unspecified atom stereocenters. The third-order valence-electron chi connectivity index (χ3n) is 2.88. The molecule has 1 aromatic carbocycles. The topological polar surface area (TPSA) is 109 Å². The van der Waals surface area contributed by atoms with Crippen molar-refractivity contribution in [3.8, 4) is 11.5 Å². The number of halogens is 1. The molecule has 1 heterocycles. The number of ether oxygens (including phenoxy) is 2. The minimum absolute atomic E-state index is 0.191. The monoisotopic (exact) mass is 340 g/mol. The molecule has 23 heavy (non-hydrogen) atoms. The Morgan fingerprint density at radius 1 is 1.39 bits per heavy atom. The Labute approximate surface area is 135 Å². The number of carbonyl (C=O) groups excluding carboxylic acids is 1. The largest absolute Gasteiger partial charge is 0.495 e.